The fourth-order valence-corrected chi connectivity index (χ4v) is 2.11. The molecule has 1 aromatic heterocycles. The second-order valence-electron chi connectivity index (χ2n) is 4.68. The highest BCUT2D eigenvalue weighted by atomic mass is 16.4. The third kappa shape index (κ3) is 2.98. The first-order valence-corrected chi connectivity index (χ1v) is 6.69. The lowest BCUT2D eigenvalue weighted by atomic mass is 10.0. The van der Waals surface area contributed by atoms with Crippen molar-refractivity contribution in [3.63, 3.8) is 0 Å². The van der Waals surface area contributed by atoms with Crippen LogP contribution in [0.3, 0.4) is 0 Å². The molecule has 4 heteroatoms. The van der Waals surface area contributed by atoms with Crippen molar-refractivity contribution in [3.05, 3.63) is 72.1 Å². The van der Waals surface area contributed by atoms with Gasteiger partial charge in [0.25, 0.3) is 0 Å². The van der Waals surface area contributed by atoms with E-state index in [2.05, 4.69) is 16.3 Å². The largest absolute Gasteiger partial charge is 0.419 e. The van der Waals surface area contributed by atoms with Crippen LogP contribution in [0.4, 0.5) is 0 Å². The van der Waals surface area contributed by atoms with Gasteiger partial charge >= 0.3 is 0 Å². The summed E-state index contributed by atoms with van der Waals surface area (Å²) in [6.45, 7) is 0. The molecule has 0 N–H and O–H groups in total. The van der Waals surface area contributed by atoms with Crippen LogP contribution >= 0.6 is 0 Å². The molecule has 1 atom stereocenters. The second kappa shape index (κ2) is 6.02. The molecule has 21 heavy (non-hydrogen) atoms. The van der Waals surface area contributed by atoms with E-state index < -0.39 is 5.92 Å². The van der Waals surface area contributed by atoms with Gasteiger partial charge in [-0.05, 0) is 24.1 Å². The molecule has 0 aliphatic heterocycles. The number of aromatic nitrogens is 2. The Labute approximate surface area is 122 Å². The minimum absolute atomic E-state index is 0.361. The molecule has 0 aliphatic carbocycles. The number of nitriles is 1. The van der Waals surface area contributed by atoms with Crippen LogP contribution in [0.25, 0.3) is 11.5 Å². The van der Waals surface area contributed by atoms with Gasteiger partial charge in [-0.25, -0.2) is 0 Å². The molecule has 0 bridgehead atoms. The Morgan fingerprint density at radius 1 is 0.952 bits per heavy atom. The summed E-state index contributed by atoms with van der Waals surface area (Å²) in [5, 5.41) is 17.4. The highest BCUT2D eigenvalue weighted by Gasteiger charge is 2.19. The predicted molar refractivity (Wildman–Crippen MR) is 78.2 cm³/mol. The number of nitrogens with zero attached hydrogens (tertiary/aromatic N) is 3. The summed E-state index contributed by atoms with van der Waals surface area (Å²) in [6, 6.07) is 21.6. The fraction of sp³-hybridized carbons (Fsp3) is 0.118. The van der Waals surface area contributed by atoms with Gasteiger partial charge in [-0.2, -0.15) is 5.26 Å². The van der Waals surface area contributed by atoms with E-state index in [9.17, 15) is 5.26 Å². The summed E-state index contributed by atoms with van der Waals surface area (Å²) in [5.41, 5.74) is 1.93. The Morgan fingerprint density at radius 2 is 1.62 bits per heavy atom. The van der Waals surface area contributed by atoms with E-state index in [1.54, 1.807) is 0 Å². The molecular weight excluding hydrogens is 262 g/mol. The van der Waals surface area contributed by atoms with Gasteiger partial charge in [-0.1, -0.05) is 48.5 Å². The van der Waals surface area contributed by atoms with Crippen LogP contribution in [0.15, 0.2) is 65.1 Å². The molecule has 2 aromatic carbocycles. The third-order valence-corrected chi connectivity index (χ3v) is 3.20. The van der Waals surface area contributed by atoms with E-state index in [0.29, 0.717) is 18.2 Å². The second-order valence-corrected chi connectivity index (χ2v) is 4.68. The van der Waals surface area contributed by atoms with Crippen molar-refractivity contribution in [1.29, 1.82) is 5.26 Å². The normalized spacial score (nSPS) is 11.8. The van der Waals surface area contributed by atoms with Crippen molar-refractivity contribution < 1.29 is 4.42 Å². The summed E-state index contributed by atoms with van der Waals surface area (Å²) >= 11 is 0. The molecule has 1 heterocycles. The zero-order valence-corrected chi connectivity index (χ0v) is 11.3. The van der Waals surface area contributed by atoms with E-state index in [1.807, 2.05) is 60.7 Å². The Bertz CT molecular complexity index is 744. The quantitative estimate of drug-likeness (QED) is 0.730. The molecule has 0 aliphatic rings. The third-order valence-electron chi connectivity index (χ3n) is 3.20. The summed E-state index contributed by atoms with van der Waals surface area (Å²) in [6.07, 6.45) is 0.563. The van der Waals surface area contributed by atoms with Crippen molar-refractivity contribution in [2.24, 2.45) is 0 Å². The van der Waals surface area contributed by atoms with Crippen LogP contribution in [0.2, 0.25) is 0 Å². The summed E-state index contributed by atoms with van der Waals surface area (Å²) < 4.78 is 5.65. The average Bonchev–Trinajstić information content (AvgIpc) is 3.04. The first-order valence-electron chi connectivity index (χ1n) is 6.69. The molecule has 0 amide bonds. The maximum Gasteiger partial charge on any atom is 0.247 e. The van der Waals surface area contributed by atoms with Gasteiger partial charge in [0.1, 0.15) is 5.92 Å². The monoisotopic (exact) mass is 275 g/mol. The molecule has 4 nitrogen and oxygen atoms in total. The zero-order chi connectivity index (χ0) is 14.5. The van der Waals surface area contributed by atoms with E-state index in [4.69, 9.17) is 4.42 Å². The molecule has 1 unspecified atom stereocenters. The number of rotatable bonds is 4. The maximum absolute atomic E-state index is 9.34. The lowest BCUT2D eigenvalue weighted by Gasteiger charge is -2.04. The van der Waals surface area contributed by atoms with Crippen molar-refractivity contribution in [2.45, 2.75) is 12.3 Å². The highest BCUT2D eigenvalue weighted by molar-refractivity contribution is 5.51. The summed E-state index contributed by atoms with van der Waals surface area (Å²) in [7, 11) is 0. The van der Waals surface area contributed by atoms with Crippen molar-refractivity contribution in [2.75, 3.05) is 0 Å². The average molecular weight is 275 g/mol. The number of benzene rings is 2. The molecule has 3 aromatic rings. The Morgan fingerprint density at radius 3 is 2.29 bits per heavy atom. The van der Waals surface area contributed by atoms with Gasteiger partial charge in [0.05, 0.1) is 6.07 Å². The van der Waals surface area contributed by atoms with Gasteiger partial charge < -0.3 is 4.42 Å². The minimum atomic E-state index is -0.433. The van der Waals surface area contributed by atoms with Crippen molar-refractivity contribution >= 4 is 0 Å². The van der Waals surface area contributed by atoms with Gasteiger partial charge in [0, 0.05) is 5.56 Å². The predicted octanol–water partition coefficient (Wildman–Crippen LogP) is 3.59. The zero-order valence-electron chi connectivity index (χ0n) is 11.3. The van der Waals surface area contributed by atoms with Gasteiger partial charge in [0.15, 0.2) is 0 Å². The highest BCUT2D eigenvalue weighted by Crippen LogP contribution is 2.23. The molecular formula is C17H13N3O. The Kier molecular flexibility index (Phi) is 3.74. The molecule has 0 fully saturated rings. The van der Waals surface area contributed by atoms with Gasteiger partial charge in [0.2, 0.25) is 11.8 Å². The molecule has 0 saturated heterocycles. The van der Waals surface area contributed by atoms with E-state index in [1.165, 1.54) is 0 Å². The van der Waals surface area contributed by atoms with Crippen LogP contribution in [-0.4, -0.2) is 10.2 Å². The molecule has 3 rings (SSSR count). The summed E-state index contributed by atoms with van der Waals surface area (Å²) in [4.78, 5) is 0. The van der Waals surface area contributed by atoms with Crippen LogP contribution in [0, 0.1) is 11.3 Å². The molecule has 0 spiro atoms. The van der Waals surface area contributed by atoms with Crippen LogP contribution in [-0.2, 0) is 6.42 Å². The van der Waals surface area contributed by atoms with Gasteiger partial charge in [-0.15, -0.1) is 10.2 Å². The van der Waals surface area contributed by atoms with E-state index in [0.717, 1.165) is 11.1 Å². The minimum Gasteiger partial charge on any atom is -0.419 e. The van der Waals surface area contributed by atoms with Crippen LogP contribution < -0.4 is 0 Å². The molecule has 0 saturated carbocycles. The number of hydrogen-bond donors (Lipinski definition) is 0. The molecule has 0 radical (unpaired) electrons. The Hall–Kier alpha value is -2.93. The summed E-state index contributed by atoms with van der Waals surface area (Å²) in [5.74, 6) is 0.372. The first kappa shape index (κ1) is 13.1. The SMILES string of the molecule is N#CC(Cc1ccccc1)c1nnc(-c2ccccc2)o1. The molecule has 102 valence electrons. The first-order chi connectivity index (χ1) is 10.4. The standard InChI is InChI=1S/C17H13N3O/c18-12-15(11-13-7-3-1-4-8-13)17-20-19-16(21-17)14-9-5-2-6-10-14/h1-10,15H,11H2. The topological polar surface area (TPSA) is 62.7 Å². The fourth-order valence-electron chi connectivity index (χ4n) is 2.11. The van der Waals surface area contributed by atoms with E-state index >= 15 is 0 Å². The van der Waals surface area contributed by atoms with Gasteiger partial charge in [-0.3, -0.25) is 0 Å². The lowest BCUT2D eigenvalue weighted by molar-refractivity contribution is 0.486. The van der Waals surface area contributed by atoms with Crippen LogP contribution in [0.1, 0.15) is 17.4 Å². The van der Waals surface area contributed by atoms with Crippen molar-refractivity contribution in [3.8, 4) is 17.5 Å². The lowest BCUT2D eigenvalue weighted by Crippen LogP contribution is -2.00. The smallest absolute Gasteiger partial charge is 0.247 e. The van der Waals surface area contributed by atoms with Crippen LogP contribution in [0.5, 0.6) is 0 Å². The van der Waals surface area contributed by atoms with Crippen molar-refractivity contribution in [1.82, 2.24) is 10.2 Å². The maximum atomic E-state index is 9.34. The van der Waals surface area contributed by atoms with E-state index in [-0.39, 0.29) is 0 Å². The Balaban J connectivity index is 1.83. The number of hydrogen-bond acceptors (Lipinski definition) is 4.